The van der Waals surface area contributed by atoms with Gasteiger partial charge in [0.1, 0.15) is 11.8 Å². The van der Waals surface area contributed by atoms with Gasteiger partial charge in [-0.05, 0) is 23.8 Å². The number of nitrogens with zero attached hydrogens (tertiary/aromatic N) is 3. The summed E-state index contributed by atoms with van der Waals surface area (Å²) in [6, 6.07) is 13.1. The number of thioether (sulfide) groups is 1. The highest BCUT2D eigenvalue weighted by Gasteiger charge is 2.57. The van der Waals surface area contributed by atoms with Crippen LogP contribution in [0.2, 0.25) is 0 Å². The van der Waals surface area contributed by atoms with E-state index in [0.717, 1.165) is 46.2 Å². The van der Waals surface area contributed by atoms with Gasteiger partial charge in [-0.3, -0.25) is 23.7 Å². The number of hydrogen-bond donors (Lipinski definition) is 0. The van der Waals surface area contributed by atoms with Crippen LogP contribution in [0.1, 0.15) is 21.9 Å². The molecule has 2 unspecified atom stereocenters. The maximum absolute atomic E-state index is 13.8. The van der Waals surface area contributed by atoms with Crippen LogP contribution in [0.3, 0.4) is 0 Å². The topological polar surface area (TPSA) is 88.9 Å². The van der Waals surface area contributed by atoms with Gasteiger partial charge in [-0.2, -0.15) is 13.2 Å². The van der Waals surface area contributed by atoms with Crippen molar-refractivity contribution in [3.8, 4) is 0 Å². The van der Waals surface area contributed by atoms with Gasteiger partial charge in [0.05, 0.1) is 35.4 Å². The summed E-state index contributed by atoms with van der Waals surface area (Å²) < 4.78 is 46.9. The van der Waals surface area contributed by atoms with Gasteiger partial charge in [-0.1, -0.05) is 59.5 Å². The van der Waals surface area contributed by atoms with Crippen molar-refractivity contribution in [2.75, 3.05) is 31.2 Å². The Morgan fingerprint density at radius 2 is 1.70 bits per heavy atom. The Balaban J connectivity index is 1.42. The molecule has 0 saturated carbocycles. The molecular weight excluding hydrogens is 567 g/mol. The van der Waals surface area contributed by atoms with Crippen molar-refractivity contribution in [2.24, 2.45) is 5.92 Å². The Morgan fingerprint density at radius 1 is 0.975 bits per heavy atom. The minimum Gasteiger partial charge on any atom is -0.378 e. The first-order chi connectivity index (χ1) is 19.1. The van der Waals surface area contributed by atoms with Gasteiger partial charge in [0.2, 0.25) is 17.7 Å². The Bertz CT molecular complexity index is 1550. The lowest BCUT2D eigenvalue weighted by molar-refractivity contribution is -0.138. The monoisotopic (exact) mass is 589 g/mol. The molecule has 0 radical (unpaired) electrons. The number of aromatic nitrogens is 1. The standard InChI is InChI=1S/C27H22F3N3O5S2/c28-27(29,30)16-7-4-8-17(13-16)33-23(35)20-19(15-5-2-1-3-6-15)22-25(39-21(20)24(33)36)32(26(37)40-22)14-18(34)31-9-11-38-12-10-31/h1-8,13,19-21H,9-12,14H2/t19-,20?,21?/m0/s1. The zero-order valence-electron chi connectivity index (χ0n) is 20.8. The molecule has 13 heteroatoms. The molecule has 208 valence electrons. The molecule has 3 aliphatic heterocycles. The third-order valence-electron chi connectivity index (χ3n) is 7.30. The van der Waals surface area contributed by atoms with E-state index in [1.807, 2.05) is 0 Å². The molecule has 0 spiro atoms. The highest BCUT2D eigenvalue weighted by molar-refractivity contribution is 8.00. The second-order valence-corrected chi connectivity index (χ2v) is 11.8. The van der Waals surface area contributed by atoms with Gasteiger partial charge >= 0.3 is 11.0 Å². The smallest absolute Gasteiger partial charge is 0.378 e. The summed E-state index contributed by atoms with van der Waals surface area (Å²) in [4.78, 5) is 56.4. The number of thiazole rings is 1. The molecule has 8 nitrogen and oxygen atoms in total. The predicted octanol–water partition coefficient (Wildman–Crippen LogP) is 3.58. The maximum atomic E-state index is 13.8. The van der Waals surface area contributed by atoms with Crippen molar-refractivity contribution in [3.63, 3.8) is 0 Å². The number of carbonyl (C=O) groups is 3. The fourth-order valence-corrected chi connectivity index (χ4v) is 8.17. The summed E-state index contributed by atoms with van der Waals surface area (Å²) in [6.07, 6.45) is -4.65. The highest BCUT2D eigenvalue weighted by Crippen LogP contribution is 2.54. The summed E-state index contributed by atoms with van der Waals surface area (Å²) in [7, 11) is 0. The number of amides is 3. The molecule has 3 atom stereocenters. The number of anilines is 1. The largest absolute Gasteiger partial charge is 0.416 e. The molecule has 40 heavy (non-hydrogen) atoms. The van der Waals surface area contributed by atoms with Crippen molar-refractivity contribution in [3.05, 3.63) is 80.3 Å². The van der Waals surface area contributed by atoms with Crippen LogP contribution < -0.4 is 9.77 Å². The molecule has 2 fully saturated rings. The average Bonchev–Trinajstić information content (AvgIpc) is 3.39. The molecule has 3 amide bonds. The van der Waals surface area contributed by atoms with Gasteiger partial charge in [0.15, 0.2) is 0 Å². The van der Waals surface area contributed by atoms with Crippen molar-refractivity contribution < 1.29 is 32.3 Å². The van der Waals surface area contributed by atoms with Gasteiger partial charge in [-0.15, -0.1) is 0 Å². The second-order valence-electron chi connectivity index (χ2n) is 9.63. The molecule has 0 bridgehead atoms. The van der Waals surface area contributed by atoms with Crippen LogP contribution in [-0.4, -0.2) is 58.7 Å². The van der Waals surface area contributed by atoms with Crippen LogP contribution >= 0.6 is 23.1 Å². The van der Waals surface area contributed by atoms with Crippen LogP contribution in [-0.2, 0) is 31.8 Å². The van der Waals surface area contributed by atoms with E-state index >= 15 is 0 Å². The molecule has 0 N–H and O–H groups in total. The van der Waals surface area contributed by atoms with Gasteiger partial charge in [0, 0.05) is 23.9 Å². The Labute approximate surface area is 234 Å². The number of fused-ring (bicyclic) bond motifs is 2. The van der Waals surface area contributed by atoms with E-state index < -0.39 is 40.6 Å². The van der Waals surface area contributed by atoms with Gasteiger partial charge in [-0.25, -0.2) is 4.90 Å². The van der Waals surface area contributed by atoms with Gasteiger partial charge in [0.25, 0.3) is 0 Å². The summed E-state index contributed by atoms with van der Waals surface area (Å²) in [5.74, 6) is -3.17. The number of morpholine rings is 1. The van der Waals surface area contributed by atoms with E-state index in [4.69, 9.17) is 4.74 Å². The lowest BCUT2D eigenvalue weighted by atomic mass is 9.83. The quantitative estimate of drug-likeness (QED) is 0.433. The van der Waals surface area contributed by atoms with E-state index in [1.54, 1.807) is 35.2 Å². The molecule has 3 aliphatic rings. The third-order valence-corrected chi connectivity index (χ3v) is 9.90. The van der Waals surface area contributed by atoms with E-state index in [2.05, 4.69) is 0 Å². The van der Waals surface area contributed by atoms with Crippen molar-refractivity contribution >= 4 is 46.5 Å². The molecule has 0 aliphatic carbocycles. The fraction of sp³-hybridized carbons (Fsp3) is 0.333. The summed E-state index contributed by atoms with van der Waals surface area (Å²) in [6.45, 7) is 1.39. The normalized spacial score (nSPS) is 22.8. The number of halogens is 3. The zero-order valence-corrected chi connectivity index (χ0v) is 22.4. The van der Waals surface area contributed by atoms with Crippen LogP contribution in [0.5, 0.6) is 0 Å². The van der Waals surface area contributed by atoms with Gasteiger partial charge < -0.3 is 9.64 Å². The first-order valence-corrected chi connectivity index (χ1v) is 14.2. The summed E-state index contributed by atoms with van der Waals surface area (Å²) in [5, 5.41) is -0.558. The van der Waals surface area contributed by atoms with Crippen LogP contribution in [0, 0.1) is 5.92 Å². The Hall–Kier alpha value is -3.42. The first kappa shape index (κ1) is 26.8. The van der Waals surface area contributed by atoms with Crippen LogP contribution in [0.15, 0.2) is 64.4 Å². The van der Waals surface area contributed by atoms with E-state index in [-0.39, 0.29) is 23.0 Å². The highest BCUT2D eigenvalue weighted by atomic mass is 32.2. The number of ether oxygens (including phenoxy) is 1. The molecule has 2 saturated heterocycles. The number of alkyl halides is 3. The molecule has 1 aromatic heterocycles. The number of benzene rings is 2. The predicted molar refractivity (Wildman–Crippen MR) is 141 cm³/mol. The number of carbonyl (C=O) groups excluding carboxylic acids is 3. The zero-order chi connectivity index (χ0) is 28.2. The van der Waals surface area contributed by atoms with E-state index in [1.165, 1.54) is 10.6 Å². The van der Waals surface area contributed by atoms with Crippen molar-refractivity contribution in [2.45, 2.75) is 28.9 Å². The lowest BCUT2D eigenvalue weighted by Crippen LogP contribution is -2.43. The molecule has 6 rings (SSSR count). The second kappa shape index (κ2) is 10.2. The minimum atomic E-state index is -4.65. The SMILES string of the molecule is O=C(Cn1c2c(sc1=O)[C@@H](c1ccccc1)C1C(=O)N(c3cccc(C(F)(F)F)c3)C(=O)C1S2)N1CCOCC1. The Kier molecular flexibility index (Phi) is 6.83. The lowest BCUT2D eigenvalue weighted by Gasteiger charge is -2.31. The molecule has 2 aromatic carbocycles. The minimum absolute atomic E-state index is 0.158. The number of rotatable bonds is 4. The third kappa shape index (κ3) is 4.55. The van der Waals surface area contributed by atoms with E-state index in [9.17, 15) is 32.3 Å². The first-order valence-electron chi connectivity index (χ1n) is 12.5. The van der Waals surface area contributed by atoms with Crippen LogP contribution in [0.25, 0.3) is 0 Å². The maximum Gasteiger partial charge on any atom is 0.416 e. The molecule has 3 aromatic rings. The number of imide groups is 1. The molecule has 4 heterocycles. The summed E-state index contributed by atoms with van der Waals surface area (Å²) in [5.41, 5.74) is -0.434. The average molecular weight is 590 g/mol. The molecular formula is C27H22F3N3O5S2. The fourth-order valence-electron chi connectivity index (χ4n) is 5.40. The van der Waals surface area contributed by atoms with Crippen molar-refractivity contribution in [1.82, 2.24) is 9.47 Å². The Morgan fingerprint density at radius 3 is 2.40 bits per heavy atom. The van der Waals surface area contributed by atoms with E-state index in [0.29, 0.717) is 41.8 Å². The van der Waals surface area contributed by atoms with Crippen LogP contribution in [0.4, 0.5) is 18.9 Å². The summed E-state index contributed by atoms with van der Waals surface area (Å²) >= 11 is 1.95. The van der Waals surface area contributed by atoms with Crippen molar-refractivity contribution in [1.29, 1.82) is 0 Å². The number of hydrogen-bond acceptors (Lipinski definition) is 7.